The molecule has 6 atom stereocenters. The van der Waals surface area contributed by atoms with E-state index in [0.717, 1.165) is 18.4 Å². The maximum absolute atomic E-state index is 12.1. The number of carbonyl (C=O) groups is 2. The Labute approximate surface area is 165 Å². The molecular formula is C21H29N2O5. The van der Waals surface area contributed by atoms with Crippen LogP contribution in [-0.2, 0) is 14.3 Å². The number of aliphatic hydroxyl groups is 1. The third-order valence-electron chi connectivity index (χ3n) is 6.24. The van der Waals surface area contributed by atoms with Gasteiger partial charge in [0.2, 0.25) is 0 Å². The second-order valence-electron chi connectivity index (χ2n) is 8.19. The normalized spacial score (nSPS) is 33.4. The Morgan fingerprint density at radius 1 is 1.43 bits per heavy atom. The molecule has 0 saturated heterocycles. The van der Waals surface area contributed by atoms with Gasteiger partial charge in [-0.1, -0.05) is 19.9 Å². The Balaban J connectivity index is 1.74. The molecule has 0 aliphatic heterocycles. The van der Waals surface area contributed by atoms with Gasteiger partial charge in [0.15, 0.2) is 0 Å². The molecule has 153 valence electrons. The van der Waals surface area contributed by atoms with Gasteiger partial charge in [0.25, 0.3) is 0 Å². The molecule has 28 heavy (non-hydrogen) atoms. The number of fused-ring (bicyclic) bond motifs is 1. The molecule has 2 aliphatic carbocycles. The topological polar surface area (TPSA) is 90.7 Å². The number of ether oxygens (including phenoxy) is 2. The Morgan fingerprint density at radius 3 is 2.82 bits per heavy atom. The number of carbonyl (C=O) groups excluding carboxylic acids is 2. The summed E-state index contributed by atoms with van der Waals surface area (Å²) >= 11 is 0. The monoisotopic (exact) mass is 389 g/mol. The van der Waals surface area contributed by atoms with Crippen LogP contribution in [0, 0.1) is 30.1 Å². The molecule has 0 aromatic carbocycles. The molecule has 1 aromatic rings. The largest absolute Gasteiger partial charge is 0.458 e. The van der Waals surface area contributed by atoms with Crippen LogP contribution in [0.5, 0.6) is 0 Å². The summed E-state index contributed by atoms with van der Waals surface area (Å²) < 4.78 is 12.1. The van der Waals surface area contributed by atoms with E-state index in [9.17, 15) is 14.7 Å². The van der Waals surface area contributed by atoms with Crippen molar-refractivity contribution in [2.24, 2.45) is 23.7 Å². The van der Waals surface area contributed by atoms with Crippen molar-refractivity contribution in [3.05, 3.63) is 36.8 Å². The molecule has 7 nitrogen and oxygen atoms in total. The van der Waals surface area contributed by atoms with Crippen molar-refractivity contribution in [1.82, 2.24) is 9.55 Å². The summed E-state index contributed by atoms with van der Waals surface area (Å²) in [7, 11) is 0. The first-order valence-corrected chi connectivity index (χ1v) is 9.81. The molecule has 7 heteroatoms. The first-order valence-electron chi connectivity index (χ1n) is 9.81. The molecule has 1 heterocycles. The van der Waals surface area contributed by atoms with E-state index in [-0.39, 0.29) is 36.2 Å². The molecule has 3 rings (SSSR count). The average molecular weight is 389 g/mol. The zero-order chi connectivity index (χ0) is 20.5. The van der Waals surface area contributed by atoms with E-state index in [1.54, 1.807) is 12.6 Å². The van der Waals surface area contributed by atoms with Crippen LogP contribution < -0.4 is 0 Å². The van der Waals surface area contributed by atoms with Crippen molar-refractivity contribution < 1.29 is 24.2 Å². The Hall–Kier alpha value is -2.15. The van der Waals surface area contributed by atoms with E-state index in [2.05, 4.69) is 4.98 Å². The molecule has 1 radical (unpaired) electrons. The molecular weight excluding hydrogens is 360 g/mol. The minimum absolute atomic E-state index is 0.0526. The summed E-state index contributed by atoms with van der Waals surface area (Å²) in [4.78, 5) is 27.3. The van der Waals surface area contributed by atoms with E-state index in [1.807, 2.05) is 26.8 Å². The fourth-order valence-corrected chi connectivity index (χ4v) is 4.52. The van der Waals surface area contributed by atoms with E-state index >= 15 is 0 Å². The molecule has 1 saturated carbocycles. The highest BCUT2D eigenvalue weighted by molar-refractivity contribution is 5.70. The van der Waals surface area contributed by atoms with E-state index in [4.69, 9.17) is 9.47 Å². The van der Waals surface area contributed by atoms with Crippen LogP contribution in [0.1, 0.15) is 40.5 Å². The first kappa shape index (κ1) is 20.6. The van der Waals surface area contributed by atoms with Gasteiger partial charge in [-0.05, 0) is 43.1 Å². The zero-order valence-electron chi connectivity index (χ0n) is 16.9. The van der Waals surface area contributed by atoms with Gasteiger partial charge in [-0.25, -0.2) is 14.3 Å². The molecule has 0 spiro atoms. The minimum Gasteiger partial charge on any atom is -0.458 e. The quantitative estimate of drug-likeness (QED) is 0.629. The number of hydrogen-bond donors (Lipinski definition) is 1. The van der Waals surface area contributed by atoms with Crippen molar-refractivity contribution in [3.8, 4) is 0 Å². The van der Waals surface area contributed by atoms with Crippen molar-refractivity contribution in [2.45, 2.75) is 52.2 Å². The minimum atomic E-state index is -1.05. The number of esters is 1. The molecule has 1 aromatic heterocycles. The highest BCUT2D eigenvalue weighted by Gasteiger charge is 2.53. The summed E-state index contributed by atoms with van der Waals surface area (Å²) in [5, 5.41) is 11.5. The molecule has 1 fully saturated rings. The van der Waals surface area contributed by atoms with Gasteiger partial charge in [-0.2, -0.15) is 0 Å². The van der Waals surface area contributed by atoms with Crippen LogP contribution in [-0.4, -0.2) is 45.0 Å². The highest BCUT2D eigenvalue weighted by atomic mass is 16.6. The van der Waals surface area contributed by atoms with Crippen LogP contribution in [0.3, 0.4) is 0 Å². The fourth-order valence-electron chi connectivity index (χ4n) is 4.52. The lowest BCUT2D eigenvalue weighted by Crippen LogP contribution is -2.56. The predicted molar refractivity (Wildman–Crippen MR) is 102 cm³/mol. The van der Waals surface area contributed by atoms with Gasteiger partial charge < -0.3 is 14.6 Å². The van der Waals surface area contributed by atoms with Gasteiger partial charge in [-0.15, -0.1) is 0 Å². The fraction of sp³-hybridized carbons (Fsp3) is 0.619. The SMILES string of the molecule is CC(=O)O[C@@H]1[CH][C@@]2(O)[C@H](C)CC[C@@H](C(C)COC(=O)n3ccnc3)[C@H]2C=C1C. The van der Waals surface area contributed by atoms with Crippen LogP contribution in [0.4, 0.5) is 4.79 Å². The highest BCUT2D eigenvalue weighted by Crippen LogP contribution is 2.50. The standard InChI is InChI=1S/C21H29N2O5/c1-13-9-18-17(14(2)11-27-20(25)23-8-7-22-12-23)6-5-15(3)21(18,26)10-19(13)28-16(4)24/h7-10,12,14-15,17-19,26H,5-6,11H2,1-4H3/t14?,15-,17+,18-,19-,21-/m1/s1. The second kappa shape index (κ2) is 8.07. The number of nitrogens with zero attached hydrogens (tertiary/aromatic N) is 2. The molecule has 0 bridgehead atoms. The van der Waals surface area contributed by atoms with Crippen molar-refractivity contribution in [1.29, 1.82) is 0 Å². The summed E-state index contributed by atoms with van der Waals surface area (Å²) in [5.74, 6) is -0.196. The van der Waals surface area contributed by atoms with Gasteiger partial charge >= 0.3 is 12.1 Å². The number of imidazole rings is 1. The number of hydrogen-bond acceptors (Lipinski definition) is 6. The third-order valence-corrected chi connectivity index (χ3v) is 6.24. The molecule has 2 aliphatic rings. The summed E-state index contributed by atoms with van der Waals surface area (Å²) in [6.45, 7) is 7.64. The van der Waals surface area contributed by atoms with Gasteiger partial charge in [-0.3, -0.25) is 4.79 Å². The second-order valence-corrected chi connectivity index (χ2v) is 8.19. The smallest absolute Gasteiger partial charge is 0.419 e. The van der Waals surface area contributed by atoms with Gasteiger partial charge in [0, 0.05) is 31.7 Å². The molecule has 1 unspecified atom stereocenters. The van der Waals surface area contributed by atoms with Gasteiger partial charge in [0.1, 0.15) is 12.4 Å². The lowest BCUT2D eigenvalue weighted by Gasteiger charge is -2.52. The van der Waals surface area contributed by atoms with E-state index in [0.29, 0.717) is 0 Å². The molecule has 1 N–H and O–H groups in total. The summed E-state index contributed by atoms with van der Waals surface area (Å²) in [5.41, 5.74) is -0.128. The van der Waals surface area contributed by atoms with Gasteiger partial charge in [0.05, 0.1) is 12.2 Å². The van der Waals surface area contributed by atoms with Crippen molar-refractivity contribution in [2.75, 3.05) is 6.61 Å². The average Bonchev–Trinajstić information content (AvgIpc) is 3.16. The maximum atomic E-state index is 12.1. The lowest BCUT2D eigenvalue weighted by molar-refractivity contribution is -0.148. The molecule has 0 amide bonds. The van der Waals surface area contributed by atoms with Crippen molar-refractivity contribution >= 4 is 12.1 Å². The summed E-state index contributed by atoms with van der Waals surface area (Å²) in [6.07, 6.45) is 9.14. The van der Waals surface area contributed by atoms with Crippen LogP contribution in [0.15, 0.2) is 30.4 Å². The zero-order valence-corrected chi connectivity index (χ0v) is 16.9. The van der Waals surface area contributed by atoms with Crippen LogP contribution >= 0.6 is 0 Å². The van der Waals surface area contributed by atoms with Crippen LogP contribution in [0.2, 0.25) is 0 Å². The van der Waals surface area contributed by atoms with Crippen molar-refractivity contribution in [3.63, 3.8) is 0 Å². The predicted octanol–water partition coefficient (Wildman–Crippen LogP) is 2.99. The first-order chi connectivity index (χ1) is 13.2. The Kier molecular flexibility index (Phi) is 5.93. The Bertz CT molecular complexity index is 744. The van der Waals surface area contributed by atoms with Crippen LogP contribution in [0.25, 0.3) is 0 Å². The number of rotatable bonds is 4. The third kappa shape index (κ3) is 3.99. The van der Waals surface area contributed by atoms with E-state index < -0.39 is 17.8 Å². The lowest BCUT2D eigenvalue weighted by atomic mass is 9.57. The van der Waals surface area contributed by atoms with E-state index in [1.165, 1.54) is 24.0 Å². The Morgan fingerprint density at radius 2 is 2.18 bits per heavy atom. The summed E-state index contributed by atoms with van der Waals surface area (Å²) in [6, 6.07) is 0. The maximum Gasteiger partial charge on any atom is 0.419 e. The number of aromatic nitrogens is 2.